The van der Waals surface area contributed by atoms with Crippen molar-refractivity contribution in [2.75, 3.05) is 0 Å². The molecule has 4 nitrogen and oxygen atoms in total. The Kier molecular flexibility index (Phi) is 5.47. The molecule has 0 radical (unpaired) electrons. The lowest BCUT2D eigenvalue weighted by Gasteiger charge is -1.94. The fourth-order valence-corrected chi connectivity index (χ4v) is 0.106. The normalized spacial score (nSPS) is 8.22. The van der Waals surface area contributed by atoms with Crippen molar-refractivity contribution in [2.24, 2.45) is 5.92 Å². The molecule has 0 spiro atoms. The summed E-state index contributed by atoms with van der Waals surface area (Å²) < 4.78 is 0. The molecule has 0 unspecified atom stereocenters. The number of carbonyl (C=O) groups is 2. The number of rotatable bonds is 2. The minimum absolute atomic E-state index is 0. The first kappa shape index (κ1) is 11.3. The molecule has 0 aliphatic rings. The largest absolute Gasteiger partial charge is 0.481 e. The summed E-state index contributed by atoms with van der Waals surface area (Å²) in [5.41, 5.74) is 0. The van der Waals surface area contributed by atoms with Crippen LogP contribution in [0.15, 0.2) is 0 Å². The van der Waals surface area contributed by atoms with Gasteiger partial charge in [0.2, 0.25) is 0 Å². The highest BCUT2D eigenvalue weighted by Gasteiger charge is 2.18. The molecule has 0 aliphatic carbocycles. The maximum absolute atomic E-state index is 9.76. The van der Waals surface area contributed by atoms with Crippen LogP contribution in [0.4, 0.5) is 0 Å². The monoisotopic (exact) mass is 148 g/mol. The van der Waals surface area contributed by atoms with Crippen LogP contribution >= 0.6 is 0 Å². The van der Waals surface area contributed by atoms with Gasteiger partial charge in [0, 0.05) is 0 Å². The summed E-state index contributed by atoms with van der Waals surface area (Å²) in [6.45, 7) is 1.12. The smallest absolute Gasteiger partial charge is 0.317 e. The second kappa shape index (κ2) is 4.36. The zero-order valence-electron chi connectivity index (χ0n) is 4.29. The van der Waals surface area contributed by atoms with Gasteiger partial charge in [-0.1, -0.05) is 0 Å². The van der Waals surface area contributed by atoms with E-state index in [2.05, 4.69) is 0 Å². The average Bonchev–Trinajstić information content (AvgIpc) is 1.64. The van der Waals surface area contributed by atoms with Gasteiger partial charge in [0.05, 0.1) is 0 Å². The van der Waals surface area contributed by atoms with Crippen LogP contribution in [0, 0.1) is 5.92 Å². The summed E-state index contributed by atoms with van der Waals surface area (Å²) in [7, 11) is 0. The van der Waals surface area contributed by atoms with E-state index in [1.807, 2.05) is 0 Å². The third-order valence-electron chi connectivity index (χ3n) is 0.741. The van der Waals surface area contributed by atoms with E-state index in [1.165, 1.54) is 0 Å². The first-order valence-electron chi connectivity index (χ1n) is 2.01. The predicted molar refractivity (Wildman–Crippen MR) is 34.4 cm³/mol. The van der Waals surface area contributed by atoms with Crippen molar-refractivity contribution in [1.29, 1.82) is 0 Å². The lowest BCUT2D eigenvalue weighted by Crippen LogP contribution is -2.19. The van der Waals surface area contributed by atoms with Crippen LogP contribution in [0.25, 0.3) is 0 Å². The van der Waals surface area contributed by atoms with E-state index in [-0.39, 0.29) is 17.4 Å². The summed E-state index contributed by atoms with van der Waals surface area (Å²) in [5.74, 6) is -3.91. The first-order valence-corrected chi connectivity index (χ1v) is 2.01. The molecule has 0 aromatic rings. The van der Waals surface area contributed by atoms with Gasteiger partial charge >= 0.3 is 11.9 Å². The van der Waals surface area contributed by atoms with E-state index in [4.69, 9.17) is 10.2 Å². The minimum Gasteiger partial charge on any atom is -0.481 e. The molecule has 0 fully saturated rings. The highest BCUT2D eigenvalue weighted by atomic mass is 27.0. The Bertz CT molecular complexity index is 108. The van der Waals surface area contributed by atoms with E-state index < -0.39 is 17.9 Å². The Hall–Kier alpha value is -0.528. The Balaban J connectivity index is 0. The highest BCUT2D eigenvalue weighted by molar-refractivity contribution is 5.92. The number of carboxylic acids is 2. The molecule has 0 bridgehead atoms. The SMILES string of the molecule is CC(C(=O)O)C(=O)O.[AlH3]. The molecule has 0 aliphatic heterocycles. The third kappa shape index (κ3) is 4.01. The molecule has 0 aromatic heterocycles. The van der Waals surface area contributed by atoms with Gasteiger partial charge in [0.25, 0.3) is 0 Å². The molecule has 0 aromatic carbocycles. The van der Waals surface area contributed by atoms with E-state index in [9.17, 15) is 9.59 Å². The van der Waals surface area contributed by atoms with Gasteiger partial charge in [-0.15, -0.1) is 0 Å². The number of aliphatic carboxylic acids is 2. The Morgan fingerprint density at radius 1 is 1.22 bits per heavy atom. The number of hydrogen-bond acceptors (Lipinski definition) is 2. The van der Waals surface area contributed by atoms with Crippen molar-refractivity contribution >= 4 is 29.3 Å². The van der Waals surface area contributed by atoms with Gasteiger partial charge in [-0.25, -0.2) is 0 Å². The van der Waals surface area contributed by atoms with Crippen LogP contribution in [-0.2, 0) is 9.59 Å². The first-order chi connectivity index (χ1) is 3.55. The molecule has 0 amide bonds. The summed E-state index contributed by atoms with van der Waals surface area (Å²) in [6, 6.07) is 0. The molecule has 0 saturated carbocycles. The summed E-state index contributed by atoms with van der Waals surface area (Å²) >= 11 is 0. The zero-order chi connectivity index (χ0) is 6.73. The molecule has 2 N–H and O–H groups in total. The van der Waals surface area contributed by atoms with Crippen molar-refractivity contribution in [3.63, 3.8) is 0 Å². The van der Waals surface area contributed by atoms with Gasteiger partial charge in [-0.2, -0.15) is 0 Å². The van der Waals surface area contributed by atoms with E-state index in [0.29, 0.717) is 0 Å². The lowest BCUT2D eigenvalue weighted by atomic mass is 10.2. The fraction of sp³-hybridized carbons (Fsp3) is 0.500. The van der Waals surface area contributed by atoms with Gasteiger partial charge in [0.1, 0.15) is 0 Å². The van der Waals surface area contributed by atoms with Gasteiger partial charge in [-0.3, -0.25) is 9.59 Å². The van der Waals surface area contributed by atoms with Crippen molar-refractivity contribution < 1.29 is 19.8 Å². The van der Waals surface area contributed by atoms with Crippen LogP contribution in [0.2, 0.25) is 0 Å². The molecular formula is C4H9AlO4. The molecule has 52 valence electrons. The van der Waals surface area contributed by atoms with E-state index >= 15 is 0 Å². The van der Waals surface area contributed by atoms with Gasteiger partial charge in [-0.05, 0) is 6.92 Å². The molecule has 0 heterocycles. The second-order valence-electron chi connectivity index (χ2n) is 1.40. The average molecular weight is 148 g/mol. The Morgan fingerprint density at radius 3 is 1.44 bits per heavy atom. The van der Waals surface area contributed by atoms with Gasteiger partial charge < -0.3 is 10.2 Å². The molecule has 0 rings (SSSR count). The van der Waals surface area contributed by atoms with Crippen LogP contribution in [-0.4, -0.2) is 39.5 Å². The van der Waals surface area contributed by atoms with Crippen LogP contribution in [0.1, 0.15) is 6.92 Å². The Labute approximate surface area is 62.6 Å². The highest BCUT2D eigenvalue weighted by Crippen LogP contribution is 1.91. The topological polar surface area (TPSA) is 74.6 Å². The standard InChI is InChI=1S/C4H6O4.Al.3H/c1-2(3(5)6)4(7)8;;;;/h2H,1H3,(H,5,6)(H,7,8);;;;. The Morgan fingerprint density at radius 2 is 1.44 bits per heavy atom. The summed E-state index contributed by atoms with van der Waals surface area (Å²) in [5, 5.41) is 15.9. The van der Waals surface area contributed by atoms with Crippen molar-refractivity contribution in [3.8, 4) is 0 Å². The van der Waals surface area contributed by atoms with Gasteiger partial charge in [0.15, 0.2) is 23.3 Å². The van der Waals surface area contributed by atoms with Crippen LogP contribution in [0.5, 0.6) is 0 Å². The molecule has 5 heteroatoms. The molecule has 9 heavy (non-hydrogen) atoms. The maximum Gasteiger partial charge on any atom is 0.317 e. The van der Waals surface area contributed by atoms with Crippen LogP contribution < -0.4 is 0 Å². The van der Waals surface area contributed by atoms with E-state index in [1.54, 1.807) is 0 Å². The van der Waals surface area contributed by atoms with Crippen molar-refractivity contribution in [1.82, 2.24) is 0 Å². The lowest BCUT2D eigenvalue weighted by molar-refractivity contribution is -0.153. The van der Waals surface area contributed by atoms with Crippen molar-refractivity contribution in [3.05, 3.63) is 0 Å². The van der Waals surface area contributed by atoms with E-state index in [0.717, 1.165) is 6.92 Å². The predicted octanol–water partition coefficient (Wildman–Crippen LogP) is -1.39. The zero-order valence-corrected chi connectivity index (χ0v) is 4.29. The third-order valence-corrected chi connectivity index (χ3v) is 0.741. The van der Waals surface area contributed by atoms with Crippen LogP contribution in [0.3, 0.4) is 0 Å². The number of carboxylic acid groups (broad SMARTS) is 2. The molecule has 0 atom stereocenters. The fourth-order valence-electron chi connectivity index (χ4n) is 0.106. The molecular weight excluding hydrogens is 139 g/mol. The second-order valence-corrected chi connectivity index (χ2v) is 1.40. The molecule has 0 saturated heterocycles. The quantitative estimate of drug-likeness (QED) is 0.373. The number of hydrogen-bond donors (Lipinski definition) is 2. The summed E-state index contributed by atoms with van der Waals surface area (Å²) in [6.07, 6.45) is 0. The maximum atomic E-state index is 9.76. The van der Waals surface area contributed by atoms with Crippen molar-refractivity contribution in [2.45, 2.75) is 6.92 Å². The summed E-state index contributed by atoms with van der Waals surface area (Å²) in [4.78, 5) is 19.5. The minimum atomic E-state index is -1.31.